The molecule has 0 bridgehead atoms. The summed E-state index contributed by atoms with van der Waals surface area (Å²) in [5.41, 5.74) is 3.27. The standard InChI is InChI=1S/C11H20F2N2O2/c1-9(2,3)17-8(16)15-6-5-10(4,14)11(12,13)7-15/h5-7,14H2,1-4H3. The molecule has 1 saturated heterocycles. The predicted octanol–water partition coefficient (Wildman–Crippen LogP) is 1.98. The molecule has 1 heterocycles. The summed E-state index contributed by atoms with van der Waals surface area (Å²) in [6.45, 7) is 5.89. The number of hydrogen-bond donors (Lipinski definition) is 1. The Bertz CT molecular complexity index is 311. The molecule has 2 N–H and O–H groups in total. The maximum absolute atomic E-state index is 13.7. The lowest BCUT2D eigenvalue weighted by Gasteiger charge is -2.43. The summed E-state index contributed by atoms with van der Waals surface area (Å²) in [5, 5.41) is 0. The van der Waals surface area contributed by atoms with Crippen LogP contribution in [0.3, 0.4) is 0 Å². The van der Waals surface area contributed by atoms with Crippen molar-refractivity contribution in [3.05, 3.63) is 0 Å². The maximum Gasteiger partial charge on any atom is 0.410 e. The van der Waals surface area contributed by atoms with Gasteiger partial charge >= 0.3 is 6.09 Å². The van der Waals surface area contributed by atoms with Crippen molar-refractivity contribution in [3.8, 4) is 0 Å². The molecule has 1 rings (SSSR count). The van der Waals surface area contributed by atoms with Gasteiger partial charge in [-0.15, -0.1) is 0 Å². The second-order valence-corrected chi connectivity index (χ2v) is 5.77. The molecule has 1 aliphatic heterocycles. The first-order chi connectivity index (χ1) is 7.45. The molecule has 0 spiro atoms. The SMILES string of the molecule is CC(C)(C)OC(=O)N1CCC(C)(N)C(F)(F)C1. The molecule has 0 saturated carbocycles. The Kier molecular flexibility index (Phi) is 3.40. The number of carbonyl (C=O) groups excluding carboxylic acids is 1. The molecule has 0 aromatic carbocycles. The topological polar surface area (TPSA) is 55.6 Å². The fourth-order valence-electron chi connectivity index (χ4n) is 1.53. The van der Waals surface area contributed by atoms with Gasteiger partial charge in [0, 0.05) is 6.54 Å². The summed E-state index contributed by atoms with van der Waals surface area (Å²) in [4.78, 5) is 12.7. The fourth-order valence-corrected chi connectivity index (χ4v) is 1.53. The van der Waals surface area contributed by atoms with E-state index in [9.17, 15) is 13.6 Å². The van der Waals surface area contributed by atoms with E-state index >= 15 is 0 Å². The van der Waals surface area contributed by atoms with Gasteiger partial charge in [-0.2, -0.15) is 0 Å². The number of ether oxygens (including phenoxy) is 1. The van der Waals surface area contributed by atoms with Gasteiger partial charge in [0.05, 0.1) is 12.1 Å². The highest BCUT2D eigenvalue weighted by atomic mass is 19.3. The van der Waals surface area contributed by atoms with Crippen molar-refractivity contribution in [3.63, 3.8) is 0 Å². The molecule has 4 nitrogen and oxygen atoms in total. The van der Waals surface area contributed by atoms with E-state index in [-0.39, 0.29) is 13.0 Å². The number of hydrogen-bond acceptors (Lipinski definition) is 3. The molecule has 17 heavy (non-hydrogen) atoms. The van der Waals surface area contributed by atoms with Crippen LogP contribution in [0, 0.1) is 0 Å². The summed E-state index contributed by atoms with van der Waals surface area (Å²) in [6, 6.07) is 0. The summed E-state index contributed by atoms with van der Waals surface area (Å²) < 4.78 is 32.4. The van der Waals surface area contributed by atoms with Crippen molar-refractivity contribution in [2.45, 2.75) is 51.2 Å². The van der Waals surface area contributed by atoms with Gasteiger partial charge in [0.2, 0.25) is 0 Å². The second-order valence-electron chi connectivity index (χ2n) is 5.77. The summed E-state index contributed by atoms with van der Waals surface area (Å²) in [5.74, 6) is -3.10. The van der Waals surface area contributed by atoms with E-state index in [4.69, 9.17) is 10.5 Å². The van der Waals surface area contributed by atoms with Gasteiger partial charge in [-0.3, -0.25) is 0 Å². The van der Waals surface area contributed by atoms with Gasteiger partial charge in [0.25, 0.3) is 5.92 Å². The zero-order valence-corrected chi connectivity index (χ0v) is 10.7. The van der Waals surface area contributed by atoms with Gasteiger partial charge in [-0.1, -0.05) is 0 Å². The Labute approximate surface area is 100 Å². The molecule has 6 heteroatoms. The van der Waals surface area contributed by atoms with E-state index in [1.54, 1.807) is 20.8 Å². The Morgan fingerprint density at radius 3 is 2.35 bits per heavy atom. The number of rotatable bonds is 0. The minimum atomic E-state index is -3.10. The molecule has 0 aromatic heterocycles. The molecule has 1 aliphatic rings. The van der Waals surface area contributed by atoms with Crippen molar-refractivity contribution in [2.75, 3.05) is 13.1 Å². The molecule has 0 aliphatic carbocycles. The highest BCUT2D eigenvalue weighted by Gasteiger charge is 2.52. The Balaban J connectivity index is 2.69. The highest BCUT2D eigenvalue weighted by molar-refractivity contribution is 5.68. The molecule has 1 unspecified atom stereocenters. The van der Waals surface area contributed by atoms with Gasteiger partial charge in [0.15, 0.2) is 0 Å². The third-order valence-electron chi connectivity index (χ3n) is 2.78. The van der Waals surface area contributed by atoms with Crippen LogP contribution in [0.25, 0.3) is 0 Å². The maximum atomic E-state index is 13.7. The predicted molar refractivity (Wildman–Crippen MR) is 60.0 cm³/mol. The van der Waals surface area contributed by atoms with Crippen LogP contribution < -0.4 is 5.73 Å². The van der Waals surface area contributed by atoms with Crippen LogP contribution in [-0.2, 0) is 4.74 Å². The smallest absolute Gasteiger partial charge is 0.410 e. The lowest BCUT2D eigenvalue weighted by atomic mass is 9.87. The first-order valence-electron chi connectivity index (χ1n) is 5.59. The zero-order chi connectivity index (χ0) is 13.5. The summed E-state index contributed by atoms with van der Waals surface area (Å²) >= 11 is 0. The highest BCUT2D eigenvalue weighted by Crippen LogP contribution is 2.34. The van der Waals surface area contributed by atoms with Crippen molar-refractivity contribution in [2.24, 2.45) is 5.73 Å². The van der Waals surface area contributed by atoms with E-state index in [0.29, 0.717) is 0 Å². The van der Waals surface area contributed by atoms with Crippen molar-refractivity contribution < 1.29 is 18.3 Å². The quantitative estimate of drug-likeness (QED) is 0.715. The average molecular weight is 250 g/mol. The monoisotopic (exact) mass is 250 g/mol. The number of likely N-dealkylation sites (tertiary alicyclic amines) is 1. The van der Waals surface area contributed by atoms with Crippen LogP contribution in [0.1, 0.15) is 34.1 Å². The first kappa shape index (κ1) is 14.2. The molecule has 1 fully saturated rings. The minimum absolute atomic E-state index is 0.0548. The van der Waals surface area contributed by atoms with Gasteiger partial charge in [-0.05, 0) is 34.1 Å². The Morgan fingerprint density at radius 1 is 1.41 bits per heavy atom. The van der Waals surface area contributed by atoms with Crippen LogP contribution in [0.2, 0.25) is 0 Å². The van der Waals surface area contributed by atoms with E-state index in [0.717, 1.165) is 4.90 Å². The number of piperidine rings is 1. The molecule has 1 amide bonds. The van der Waals surface area contributed by atoms with E-state index < -0.39 is 29.7 Å². The van der Waals surface area contributed by atoms with Gasteiger partial charge in [-0.25, -0.2) is 13.6 Å². The van der Waals surface area contributed by atoms with Crippen LogP contribution in [0.5, 0.6) is 0 Å². The summed E-state index contributed by atoms with van der Waals surface area (Å²) in [7, 11) is 0. The Morgan fingerprint density at radius 2 is 1.94 bits per heavy atom. The largest absolute Gasteiger partial charge is 0.444 e. The zero-order valence-electron chi connectivity index (χ0n) is 10.7. The lowest BCUT2D eigenvalue weighted by molar-refractivity contribution is -0.117. The fraction of sp³-hybridized carbons (Fsp3) is 0.909. The molecule has 1 atom stereocenters. The number of nitrogens with two attached hydrogens (primary N) is 1. The van der Waals surface area contributed by atoms with E-state index in [2.05, 4.69) is 0 Å². The van der Waals surface area contributed by atoms with E-state index in [1.807, 2.05) is 0 Å². The van der Waals surface area contributed by atoms with Gasteiger partial charge in [0.1, 0.15) is 5.60 Å². The van der Waals surface area contributed by atoms with Crippen LogP contribution >= 0.6 is 0 Å². The van der Waals surface area contributed by atoms with Crippen molar-refractivity contribution >= 4 is 6.09 Å². The van der Waals surface area contributed by atoms with Crippen LogP contribution in [0.15, 0.2) is 0 Å². The number of nitrogens with zero attached hydrogens (tertiary/aromatic N) is 1. The van der Waals surface area contributed by atoms with Crippen molar-refractivity contribution in [1.29, 1.82) is 0 Å². The van der Waals surface area contributed by atoms with Crippen LogP contribution in [-0.4, -0.2) is 41.1 Å². The Hall–Kier alpha value is -0.910. The second kappa shape index (κ2) is 4.08. The average Bonchev–Trinajstić information content (AvgIpc) is 2.06. The molecular formula is C11H20F2N2O2. The third kappa shape index (κ3) is 3.28. The van der Waals surface area contributed by atoms with E-state index in [1.165, 1.54) is 6.92 Å². The molecule has 0 radical (unpaired) electrons. The van der Waals surface area contributed by atoms with Gasteiger partial charge < -0.3 is 15.4 Å². The summed E-state index contributed by atoms with van der Waals surface area (Å²) in [6.07, 6.45) is -0.660. The number of halogens is 2. The first-order valence-corrected chi connectivity index (χ1v) is 5.59. The van der Waals surface area contributed by atoms with Crippen molar-refractivity contribution in [1.82, 2.24) is 4.90 Å². The van der Waals surface area contributed by atoms with Crippen LogP contribution in [0.4, 0.5) is 13.6 Å². The molecule has 100 valence electrons. The lowest BCUT2D eigenvalue weighted by Crippen LogP contribution is -2.64. The third-order valence-corrected chi connectivity index (χ3v) is 2.78. The minimum Gasteiger partial charge on any atom is -0.444 e. The number of amides is 1. The molecular weight excluding hydrogens is 230 g/mol. The normalized spacial score (nSPS) is 29.0. The number of carbonyl (C=O) groups is 1. The number of alkyl halides is 2. The molecule has 0 aromatic rings.